The highest BCUT2D eigenvalue weighted by Crippen LogP contribution is 2.20. The molecule has 2 aromatic rings. The van der Waals surface area contributed by atoms with Gasteiger partial charge in [-0.25, -0.2) is 4.98 Å². The van der Waals surface area contributed by atoms with Crippen molar-refractivity contribution < 1.29 is 4.74 Å². The van der Waals surface area contributed by atoms with E-state index in [1.54, 1.807) is 0 Å². The fourth-order valence-electron chi connectivity index (χ4n) is 2.60. The van der Waals surface area contributed by atoms with Gasteiger partial charge in [0.15, 0.2) is 0 Å². The van der Waals surface area contributed by atoms with Crippen molar-refractivity contribution in [3.05, 3.63) is 29.0 Å². The lowest BCUT2D eigenvalue weighted by molar-refractivity contribution is -0.0221. The van der Waals surface area contributed by atoms with Crippen molar-refractivity contribution in [3.63, 3.8) is 0 Å². The standard InChI is InChI=1S/C14H18ClN3O/c1-10-8-18(5-6-19-10)9-14-16-12-7-11(15)3-4-13(12)17(14)2/h3-4,7,10H,5-6,8-9H2,1-2H3. The summed E-state index contributed by atoms with van der Waals surface area (Å²) >= 11 is 6.02. The van der Waals surface area contributed by atoms with Gasteiger partial charge < -0.3 is 9.30 Å². The molecule has 1 saturated heterocycles. The number of aromatic nitrogens is 2. The summed E-state index contributed by atoms with van der Waals surface area (Å²) in [6, 6.07) is 5.85. The molecule has 4 nitrogen and oxygen atoms in total. The second kappa shape index (κ2) is 5.12. The Kier molecular flexibility index (Phi) is 3.48. The summed E-state index contributed by atoms with van der Waals surface area (Å²) in [4.78, 5) is 7.07. The van der Waals surface area contributed by atoms with Gasteiger partial charge in [-0.1, -0.05) is 11.6 Å². The molecule has 102 valence electrons. The molecule has 1 aliphatic rings. The predicted octanol–water partition coefficient (Wildman–Crippen LogP) is 2.45. The Bertz CT molecular complexity index is 596. The Morgan fingerprint density at radius 3 is 3.11 bits per heavy atom. The van der Waals surface area contributed by atoms with E-state index in [-0.39, 0.29) is 0 Å². The van der Waals surface area contributed by atoms with Crippen LogP contribution in [-0.2, 0) is 18.3 Å². The smallest absolute Gasteiger partial charge is 0.123 e. The van der Waals surface area contributed by atoms with Crippen LogP contribution in [0.3, 0.4) is 0 Å². The molecule has 0 saturated carbocycles. The van der Waals surface area contributed by atoms with Gasteiger partial charge in [0.2, 0.25) is 0 Å². The molecule has 0 bridgehead atoms. The third kappa shape index (κ3) is 2.61. The lowest BCUT2D eigenvalue weighted by Crippen LogP contribution is -2.40. The highest BCUT2D eigenvalue weighted by molar-refractivity contribution is 6.31. The molecule has 0 radical (unpaired) electrons. The van der Waals surface area contributed by atoms with Crippen molar-refractivity contribution >= 4 is 22.6 Å². The number of imidazole rings is 1. The Hall–Kier alpha value is -1.10. The molecule has 2 heterocycles. The number of benzene rings is 1. The van der Waals surface area contributed by atoms with Gasteiger partial charge in [0.1, 0.15) is 5.82 Å². The topological polar surface area (TPSA) is 30.3 Å². The number of nitrogens with zero attached hydrogens (tertiary/aromatic N) is 3. The van der Waals surface area contributed by atoms with Gasteiger partial charge in [-0.2, -0.15) is 0 Å². The molecule has 5 heteroatoms. The van der Waals surface area contributed by atoms with E-state index in [9.17, 15) is 0 Å². The molecule has 0 aliphatic carbocycles. The normalized spacial score (nSPS) is 21.1. The molecular weight excluding hydrogens is 262 g/mol. The lowest BCUT2D eigenvalue weighted by Gasteiger charge is -2.30. The van der Waals surface area contributed by atoms with Crippen molar-refractivity contribution in [2.24, 2.45) is 7.05 Å². The maximum atomic E-state index is 6.02. The molecule has 0 amide bonds. The summed E-state index contributed by atoms with van der Waals surface area (Å²) in [6.45, 7) is 5.70. The fraction of sp³-hybridized carbons (Fsp3) is 0.500. The van der Waals surface area contributed by atoms with Crippen molar-refractivity contribution in [3.8, 4) is 0 Å². The van der Waals surface area contributed by atoms with Crippen LogP contribution in [0.2, 0.25) is 5.02 Å². The molecule has 0 spiro atoms. The van der Waals surface area contributed by atoms with E-state index in [1.807, 2.05) is 18.2 Å². The summed E-state index contributed by atoms with van der Waals surface area (Å²) in [5.41, 5.74) is 2.09. The van der Waals surface area contributed by atoms with Crippen molar-refractivity contribution in [1.82, 2.24) is 14.5 Å². The number of hydrogen-bond acceptors (Lipinski definition) is 3. The Morgan fingerprint density at radius 1 is 1.47 bits per heavy atom. The number of hydrogen-bond donors (Lipinski definition) is 0. The van der Waals surface area contributed by atoms with Crippen LogP contribution >= 0.6 is 11.6 Å². The molecule has 1 fully saturated rings. The Morgan fingerprint density at radius 2 is 2.32 bits per heavy atom. The quantitative estimate of drug-likeness (QED) is 0.846. The molecule has 3 rings (SSSR count). The zero-order valence-corrected chi connectivity index (χ0v) is 12.0. The third-order valence-corrected chi connectivity index (χ3v) is 3.86. The van der Waals surface area contributed by atoms with Crippen LogP contribution in [-0.4, -0.2) is 40.3 Å². The minimum absolute atomic E-state index is 0.304. The van der Waals surface area contributed by atoms with E-state index in [4.69, 9.17) is 16.3 Å². The van der Waals surface area contributed by atoms with E-state index in [1.165, 1.54) is 0 Å². The van der Waals surface area contributed by atoms with Gasteiger partial charge in [-0.3, -0.25) is 4.90 Å². The first-order valence-corrected chi connectivity index (χ1v) is 6.96. The number of rotatable bonds is 2. The van der Waals surface area contributed by atoms with Crippen molar-refractivity contribution in [1.29, 1.82) is 0 Å². The molecule has 1 unspecified atom stereocenters. The van der Waals surface area contributed by atoms with Crippen molar-refractivity contribution in [2.75, 3.05) is 19.7 Å². The molecule has 1 aromatic carbocycles. The first-order chi connectivity index (χ1) is 9.13. The molecule has 1 aromatic heterocycles. The van der Waals surface area contributed by atoms with Crippen molar-refractivity contribution in [2.45, 2.75) is 19.6 Å². The summed E-state index contributed by atoms with van der Waals surface area (Å²) in [7, 11) is 2.06. The van der Waals surface area contributed by atoms with Crippen LogP contribution in [0, 0.1) is 0 Å². The molecule has 19 heavy (non-hydrogen) atoms. The second-order valence-electron chi connectivity index (χ2n) is 5.14. The SMILES string of the molecule is CC1CN(Cc2nc3cc(Cl)ccc3n2C)CCO1. The maximum absolute atomic E-state index is 6.02. The summed E-state index contributed by atoms with van der Waals surface area (Å²) in [6.07, 6.45) is 0.304. The van der Waals surface area contributed by atoms with Gasteiger partial charge in [-0.15, -0.1) is 0 Å². The van der Waals surface area contributed by atoms with Crippen LogP contribution in [0.4, 0.5) is 0 Å². The van der Waals surface area contributed by atoms with E-state index >= 15 is 0 Å². The largest absolute Gasteiger partial charge is 0.376 e. The summed E-state index contributed by atoms with van der Waals surface area (Å²) in [5, 5.41) is 0.733. The van der Waals surface area contributed by atoms with Crippen LogP contribution in [0.5, 0.6) is 0 Å². The zero-order chi connectivity index (χ0) is 13.4. The number of morpholine rings is 1. The first-order valence-electron chi connectivity index (χ1n) is 6.58. The minimum atomic E-state index is 0.304. The Labute approximate surface area is 117 Å². The van der Waals surface area contributed by atoms with E-state index in [0.29, 0.717) is 6.10 Å². The van der Waals surface area contributed by atoms with Crippen LogP contribution in [0.15, 0.2) is 18.2 Å². The summed E-state index contributed by atoms with van der Waals surface area (Å²) in [5.74, 6) is 1.08. The number of fused-ring (bicyclic) bond motifs is 1. The van der Waals surface area contributed by atoms with Gasteiger partial charge in [0.25, 0.3) is 0 Å². The monoisotopic (exact) mass is 279 g/mol. The van der Waals surface area contributed by atoms with Gasteiger partial charge in [0.05, 0.1) is 30.3 Å². The molecule has 0 N–H and O–H groups in total. The number of halogens is 1. The van der Waals surface area contributed by atoms with E-state index < -0.39 is 0 Å². The minimum Gasteiger partial charge on any atom is -0.376 e. The highest BCUT2D eigenvalue weighted by Gasteiger charge is 2.19. The molecule has 1 aliphatic heterocycles. The molecular formula is C14H18ClN3O. The first kappa shape index (κ1) is 12.9. The van der Waals surface area contributed by atoms with Crippen LogP contribution < -0.4 is 0 Å². The fourth-order valence-corrected chi connectivity index (χ4v) is 2.76. The van der Waals surface area contributed by atoms with E-state index in [0.717, 1.165) is 48.1 Å². The van der Waals surface area contributed by atoms with Gasteiger partial charge in [-0.05, 0) is 25.1 Å². The predicted molar refractivity (Wildman–Crippen MR) is 76.4 cm³/mol. The highest BCUT2D eigenvalue weighted by atomic mass is 35.5. The molecule has 1 atom stereocenters. The zero-order valence-electron chi connectivity index (χ0n) is 11.3. The number of ether oxygens (including phenoxy) is 1. The average Bonchev–Trinajstić information content (AvgIpc) is 2.66. The van der Waals surface area contributed by atoms with Crippen LogP contribution in [0.1, 0.15) is 12.7 Å². The van der Waals surface area contributed by atoms with Crippen LogP contribution in [0.25, 0.3) is 11.0 Å². The average molecular weight is 280 g/mol. The van der Waals surface area contributed by atoms with E-state index in [2.05, 4.69) is 28.4 Å². The maximum Gasteiger partial charge on any atom is 0.123 e. The Balaban J connectivity index is 1.86. The van der Waals surface area contributed by atoms with Gasteiger partial charge >= 0.3 is 0 Å². The lowest BCUT2D eigenvalue weighted by atomic mass is 10.3. The second-order valence-corrected chi connectivity index (χ2v) is 5.57. The summed E-state index contributed by atoms with van der Waals surface area (Å²) < 4.78 is 7.71. The number of aryl methyl sites for hydroxylation is 1. The van der Waals surface area contributed by atoms with Gasteiger partial charge in [0, 0.05) is 25.2 Å². The third-order valence-electron chi connectivity index (χ3n) is 3.63.